The van der Waals surface area contributed by atoms with Crippen molar-refractivity contribution < 1.29 is 17.7 Å². The summed E-state index contributed by atoms with van der Waals surface area (Å²) >= 11 is 0. The molecule has 0 fully saturated rings. The zero-order valence-corrected chi connectivity index (χ0v) is 18.0. The molecule has 4 aromatic rings. The maximum atomic E-state index is 12.7. The summed E-state index contributed by atoms with van der Waals surface area (Å²) in [5, 5.41) is 6.57. The number of hydrogen-bond donors (Lipinski definition) is 2. The fourth-order valence-corrected chi connectivity index (χ4v) is 4.11. The topological polar surface area (TPSA) is 114 Å². The van der Waals surface area contributed by atoms with Crippen LogP contribution in [0.3, 0.4) is 0 Å². The highest BCUT2D eigenvalue weighted by molar-refractivity contribution is 7.92. The van der Waals surface area contributed by atoms with Gasteiger partial charge in [-0.25, -0.2) is 8.42 Å². The number of aryl methyl sites for hydroxylation is 1. The third kappa shape index (κ3) is 5.01. The summed E-state index contributed by atoms with van der Waals surface area (Å²) in [5.74, 6) is 0.198. The smallest absolute Gasteiger partial charge is 0.261 e. The van der Waals surface area contributed by atoms with Gasteiger partial charge in [0.25, 0.3) is 15.9 Å². The molecule has 0 bridgehead atoms. The van der Waals surface area contributed by atoms with E-state index in [1.165, 1.54) is 24.3 Å². The highest BCUT2D eigenvalue weighted by atomic mass is 32.2. The van der Waals surface area contributed by atoms with Crippen LogP contribution in [0.15, 0.2) is 88.3 Å². The number of nitrogens with one attached hydrogen (secondary N) is 2. The van der Waals surface area contributed by atoms with Crippen LogP contribution in [-0.2, 0) is 16.6 Å². The Balaban J connectivity index is 1.44. The number of amides is 1. The van der Waals surface area contributed by atoms with Crippen molar-refractivity contribution in [2.24, 2.45) is 0 Å². The summed E-state index contributed by atoms with van der Waals surface area (Å²) in [5.41, 5.74) is 2.37. The highest BCUT2D eigenvalue weighted by Crippen LogP contribution is 2.18. The molecule has 0 radical (unpaired) electrons. The first kappa shape index (κ1) is 21.3. The third-order valence-corrected chi connectivity index (χ3v) is 5.96. The minimum absolute atomic E-state index is 0.0111. The van der Waals surface area contributed by atoms with E-state index in [2.05, 4.69) is 20.2 Å². The van der Waals surface area contributed by atoms with Crippen molar-refractivity contribution in [3.8, 4) is 11.4 Å². The minimum Gasteiger partial charge on any atom is -0.343 e. The van der Waals surface area contributed by atoms with Gasteiger partial charge in [0.15, 0.2) is 0 Å². The van der Waals surface area contributed by atoms with Gasteiger partial charge in [0, 0.05) is 16.8 Å². The van der Waals surface area contributed by atoms with Crippen molar-refractivity contribution in [3.63, 3.8) is 0 Å². The van der Waals surface area contributed by atoms with Crippen molar-refractivity contribution in [3.05, 3.63) is 95.9 Å². The van der Waals surface area contributed by atoms with Gasteiger partial charge >= 0.3 is 0 Å². The van der Waals surface area contributed by atoms with Crippen molar-refractivity contribution >= 4 is 21.6 Å². The standard InChI is InChI=1S/C23H20N4O4S/c1-16-7-5-11-19(13-16)27-32(29,30)20-12-6-10-18(14-20)23(28)24-15-21-25-22(26-31-21)17-8-3-2-4-9-17/h2-14,27H,15H2,1H3,(H,24,28). The molecule has 0 saturated carbocycles. The molecule has 0 aliphatic heterocycles. The monoisotopic (exact) mass is 448 g/mol. The van der Waals surface area contributed by atoms with E-state index < -0.39 is 15.9 Å². The summed E-state index contributed by atoms with van der Waals surface area (Å²) < 4.78 is 33.2. The lowest BCUT2D eigenvalue weighted by Gasteiger charge is -2.10. The van der Waals surface area contributed by atoms with Crippen LogP contribution >= 0.6 is 0 Å². The Kier molecular flexibility index (Phi) is 6.00. The molecule has 1 amide bonds. The fraction of sp³-hybridized carbons (Fsp3) is 0.0870. The molecular formula is C23H20N4O4S. The Morgan fingerprint density at radius 3 is 2.53 bits per heavy atom. The van der Waals surface area contributed by atoms with Gasteiger partial charge in [0.05, 0.1) is 11.4 Å². The Morgan fingerprint density at radius 2 is 1.75 bits per heavy atom. The average Bonchev–Trinajstić information content (AvgIpc) is 3.27. The number of nitrogens with zero attached hydrogens (tertiary/aromatic N) is 2. The van der Waals surface area contributed by atoms with Crippen LogP contribution in [0.4, 0.5) is 5.69 Å². The molecular weight excluding hydrogens is 428 g/mol. The third-order valence-electron chi connectivity index (χ3n) is 4.58. The lowest BCUT2D eigenvalue weighted by molar-refractivity contribution is 0.0946. The molecule has 32 heavy (non-hydrogen) atoms. The van der Waals surface area contributed by atoms with Gasteiger partial charge in [-0.05, 0) is 42.8 Å². The SMILES string of the molecule is Cc1cccc(NS(=O)(=O)c2cccc(C(=O)NCc3nc(-c4ccccc4)no3)c2)c1. The lowest BCUT2D eigenvalue weighted by Crippen LogP contribution is -2.23. The quantitative estimate of drug-likeness (QED) is 0.445. The van der Waals surface area contributed by atoms with Gasteiger partial charge in [0.1, 0.15) is 0 Å². The molecule has 0 saturated heterocycles. The molecule has 2 N–H and O–H groups in total. The van der Waals surface area contributed by atoms with Crippen molar-refractivity contribution in [1.82, 2.24) is 15.5 Å². The van der Waals surface area contributed by atoms with Gasteiger partial charge in [-0.3, -0.25) is 9.52 Å². The number of anilines is 1. The summed E-state index contributed by atoms with van der Waals surface area (Å²) in [6.45, 7) is 1.88. The van der Waals surface area contributed by atoms with E-state index in [4.69, 9.17) is 4.52 Å². The van der Waals surface area contributed by atoms with Gasteiger partial charge < -0.3 is 9.84 Å². The Bertz CT molecular complexity index is 1350. The number of benzene rings is 3. The van der Waals surface area contributed by atoms with Gasteiger partial charge in [-0.15, -0.1) is 0 Å². The first-order chi connectivity index (χ1) is 15.4. The van der Waals surface area contributed by atoms with Crippen LogP contribution in [0.25, 0.3) is 11.4 Å². The van der Waals surface area contributed by atoms with E-state index in [9.17, 15) is 13.2 Å². The minimum atomic E-state index is -3.85. The zero-order chi connectivity index (χ0) is 22.6. The van der Waals surface area contributed by atoms with Gasteiger partial charge in [0.2, 0.25) is 11.7 Å². The largest absolute Gasteiger partial charge is 0.343 e. The molecule has 4 rings (SSSR count). The fourth-order valence-electron chi connectivity index (χ4n) is 3.02. The number of aromatic nitrogens is 2. The molecule has 0 aliphatic carbocycles. The maximum Gasteiger partial charge on any atom is 0.261 e. The number of hydrogen-bond acceptors (Lipinski definition) is 6. The molecule has 0 atom stereocenters. The molecule has 1 aromatic heterocycles. The van der Waals surface area contributed by atoms with Crippen LogP contribution in [0, 0.1) is 6.92 Å². The molecule has 0 spiro atoms. The normalized spacial score (nSPS) is 11.2. The van der Waals surface area contributed by atoms with Crippen LogP contribution in [-0.4, -0.2) is 24.5 Å². The number of carbonyl (C=O) groups is 1. The molecule has 9 heteroatoms. The van der Waals surface area contributed by atoms with Crippen molar-refractivity contribution in [2.45, 2.75) is 18.4 Å². The molecule has 0 aliphatic rings. The molecule has 0 unspecified atom stereocenters. The van der Waals surface area contributed by atoms with Crippen molar-refractivity contribution in [1.29, 1.82) is 0 Å². The van der Waals surface area contributed by atoms with Crippen LogP contribution in [0.1, 0.15) is 21.8 Å². The molecule has 162 valence electrons. The summed E-state index contributed by atoms with van der Waals surface area (Å²) in [7, 11) is -3.85. The predicted octanol–water partition coefficient (Wildman–Crippen LogP) is 3.78. The Morgan fingerprint density at radius 1 is 0.969 bits per heavy atom. The summed E-state index contributed by atoms with van der Waals surface area (Å²) in [6.07, 6.45) is 0. The summed E-state index contributed by atoms with van der Waals surface area (Å²) in [6, 6.07) is 22.1. The molecule has 8 nitrogen and oxygen atoms in total. The predicted molar refractivity (Wildman–Crippen MR) is 119 cm³/mol. The van der Waals surface area contributed by atoms with E-state index in [-0.39, 0.29) is 22.9 Å². The lowest BCUT2D eigenvalue weighted by atomic mass is 10.2. The molecule has 3 aromatic carbocycles. The average molecular weight is 449 g/mol. The van der Waals surface area contributed by atoms with Crippen molar-refractivity contribution in [2.75, 3.05) is 4.72 Å². The maximum absolute atomic E-state index is 12.7. The van der Waals surface area contributed by atoms with Crippen LogP contribution in [0.2, 0.25) is 0 Å². The Labute approximate surface area is 185 Å². The van der Waals surface area contributed by atoms with E-state index in [1.807, 2.05) is 43.3 Å². The first-order valence-electron chi connectivity index (χ1n) is 9.76. The second kappa shape index (κ2) is 9.03. The second-order valence-corrected chi connectivity index (χ2v) is 8.75. The van der Waals surface area contributed by atoms with Crippen LogP contribution < -0.4 is 10.0 Å². The van der Waals surface area contributed by atoms with E-state index >= 15 is 0 Å². The number of rotatable bonds is 7. The first-order valence-corrected chi connectivity index (χ1v) is 11.2. The van der Waals surface area contributed by atoms with E-state index in [0.29, 0.717) is 11.5 Å². The second-order valence-electron chi connectivity index (χ2n) is 7.06. The van der Waals surface area contributed by atoms with Gasteiger partial charge in [-0.2, -0.15) is 4.98 Å². The number of sulfonamides is 1. The Hall–Kier alpha value is -3.98. The highest BCUT2D eigenvalue weighted by Gasteiger charge is 2.17. The van der Waals surface area contributed by atoms with E-state index in [0.717, 1.165) is 11.1 Å². The van der Waals surface area contributed by atoms with Gasteiger partial charge in [-0.1, -0.05) is 53.7 Å². The summed E-state index contributed by atoms with van der Waals surface area (Å²) in [4.78, 5) is 16.8. The van der Waals surface area contributed by atoms with Crippen LogP contribution in [0.5, 0.6) is 0 Å². The van der Waals surface area contributed by atoms with E-state index in [1.54, 1.807) is 18.2 Å². The zero-order valence-electron chi connectivity index (χ0n) is 17.1. The number of carbonyl (C=O) groups excluding carboxylic acids is 1. The molecule has 1 heterocycles.